The molecular formula is C21H33O2P2Y-. The standard InChI is InChI=1S/C21H33O2P2.Y/c1-4-6-8-15(3)20(22-24)11-10-18-19-13-16(9-7-5-2)12-17(19)14-21(18)23-25;/h9-11,15,17-21H,2,5,7-8,12-14,24-25H2,1,3H3;/q-1;/b11-10+,16-9+;/t15-,17-,18+,19-,20+,21+;/m0./s1. The molecule has 0 aromatic carbocycles. The van der Waals surface area contributed by atoms with Gasteiger partial charge in [0.15, 0.2) is 0 Å². The Kier molecular flexibility index (Phi) is 12.7. The SMILES string of the molecule is [CH2-]CC/C=C1\C[C@H]2C[C@@H](OP)[C@H](/C=C/[C@@H](OP)[C@@H](C)CC#CC)[C@H]2C1.[Y]. The van der Waals surface area contributed by atoms with Crippen molar-refractivity contribution in [1.82, 2.24) is 0 Å². The Labute approximate surface area is 190 Å². The number of hydrogen-bond acceptors (Lipinski definition) is 2. The van der Waals surface area contributed by atoms with Crippen LogP contribution >= 0.6 is 18.9 Å². The molecule has 0 N–H and O–H groups in total. The number of rotatable bonds is 8. The van der Waals surface area contributed by atoms with Gasteiger partial charge in [-0.1, -0.05) is 37.1 Å². The first kappa shape index (κ1) is 25.0. The summed E-state index contributed by atoms with van der Waals surface area (Å²) in [5.41, 5.74) is 1.63. The van der Waals surface area contributed by atoms with Crippen molar-refractivity contribution in [2.75, 3.05) is 0 Å². The molecule has 0 aliphatic heterocycles. The third kappa shape index (κ3) is 6.76. The summed E-state index contributed by atoms with van der Waals surface area (Å²) in [6.07, 6.45) is 14.0. The van der Waals surface area contributed by atoms with Gasteiger partial charge >= 0.3 is 0 Å². The average Bonchev–Trinajstić information content (AvgIpc) is 3.16. The number of hydrogen-bond donors (Lipinski definition) is 0. The summed E-state index contributed by atoms with van der Waals surface area (Å²) < 4.78 is 11.4. The van der Waals surface area contributed by atoms with Gasteiger partial charge in [-0.3, -0.25) is 0 Å². The van der Waals surface area contributed by atoms with Crippen molar-refractivity contribution in [3.8, 4) is 11.8 Å². The van der Waals surface area contributed by atoms with Crippen molar-refractivity contribution >= 4 is 18.9 Å². The van der Waals surface area contributed by atoms with Gasteiger partial charge in [0.2, 0.25) is 0 Å². The first-order chi connectivity index (χ1) is 12.1. The second-order valence-corrected chi connectivity index (χ2v) is 7.96. The quantitative estimate of drug-likeness (QED) is 0.202. The summed E-state index contributed by atoms with van der Waals surface area (Å²) in [7, 11) is 4.90. The van der Waals surface area contributed by atoms with Gasteiger partial charge in [-0.15, -0.1) is 11.8 Å². The maximum absolute atomic E-state index is 5.74. The average molecular weight is 468 g/mol. The maximum Gasteiger partial charge on any atom is 0.0826 e. The van der Waals surface area contributed by atoms with Crippen molar-refractivity contribution < 1.29 is 41.8 Å². The molecule has 0 aromatic rings. The Morgan fingerprint density at radius 1 is 1.35 bits per heavy atom. The van der Waals surface area contributed by atoms with E-state index < -0.39 is 0 Å². The Bertz CT molecular complexity index is 538. The van der Waals surface area contributed by atoms with Crippen LogP contribution in [0.15, 0.2) is 23.8 Å². The van der Waals surface area contributed by atoms with E-state index in [1.54, 1.807) is 5.57 Å². The fourth-order valence-electron chi connectivity index (χ4n) is 4.35. The van der Waals surface area contributed by atoms with Crippen LogP contribution in [0.5, 0.6) is 0 Å². The van der Waals surface area contributed by atoms with Crippen molar-refractivity contribution in [3.05, 3.63) is 30.7 Å². The van der Waals surface area contributed by atoms with Gasteiger partial charge in [0.1, 0.15) is 0 Å². The largest absolute Gasteiger partial charge is 0.362 e. The molecule has 1 radical (unpaired) electrons. The van der Waals surface area contributed by atoms with Crippen LogP contribution in [0.3, 0.4) is 0 Å². The fourth-order valence-corrected chi connectivity index (χ4v) is 5.00. The number of allylic oxidation sites excluding steroid dienone is 2. The molecule has 2 unspecified atom stereocenters. The van der Waals surface area contributed by atoms with E-state index in [1.165, 1.54) is 12.8 Å². The zero-order valence-electron chi connectivity index (χ0n) is 16.2. The van der Waals surface area contributed by atoms with Gasteiger partial charge in [-0.25, -0.2) is 0 Å². The van der Waals surface area contributed by atoms with Crippen molar-refractivity contribution in [3.63, 3.8) is 0 Å². The van der Waals surface area contributed by atoms with E-state index >= 15 is 0 Å². The minimum atomic E-state index is 0. The molecule has 2 rings (SSSR count). The second-order valence-electron chi connectivity index (χ2n) is 7.42. The molecule has 5 heteroatoms. The first-order valence-electron chi connectivity index (χ1n) is 9.40. The summed E-state index contributed by atoms with van der Waals surface area (Å²) in [6, 6.07) is 0. The monoisotopic (exact) mass is 468 g/mol. The topological polar surface area (TPSA) is 18.5 Å². The molecule has 2 aliphatic rings. The molecule has 143 valence electrons. The molecule has 0 heterocycles. The van der Waals surface area contributed by atoms with Crippen LogP contribution < -0.4 is 0 Å². The zero-order chi connectivity index (χ0) is 18.2. The van der Waals surface area contributed by atoms with E-state index in [0.717, 1.165) is 31.6 Å². The smallest absolute Gasteiger partial charge is 0.0826 e. The molecule has 0 aromatic heterocycles. The van der Waals surface area contributed by atoms with Crippen molar-refractivity contribution in [1.29, 1.82) is 0 Å². The summed E-state index contributed by atoms with van der Waals surface area (Å²) in [4.78, 5) is 0. The van der Waals surface area contributed by atoms with E-state index in [4.69, 9.17) is 9.05 Å². The van der Waals surface area contributed by atoms with Gasteiger partial charge in [0, 0.05) is 64.0 Å². The molecule has 2 nitrogen and oxygen atoms in total. The zero-order valence-corrected chi connectivity index (χ0v) is 21.3. The second kappa shape index (κ2) is 13.2. The number of fused-ring (bicyclic) bond motifs is 1. The van der Waals surface area contributed by atoms with Gasteiger partial charge in [0.25, 0.3) is 0 Å². The third-order valence-electron chi connectivity index (χ3n) is 5.74. The van der Waals surface area contributed by atoms with Crippen LogP contribution in [0.25, 0.3) is 0 Å². The molecule has 0 bridgehead atoms. The Hall–Kier alpha value is 0.924. The Morgan fingerprint density at radius 3 is 2.73 bits per heavy atom. The van der Waals surface area contributed by atoms with E-state index in [9.17, 15) is 0 Å². The summed E-state index contributed by atoms with van der Waals surface area (Å²) in [5, 5.41) is 0. The summed E-state index contributed by atoms with van der Waals surface area (Å²) in [6.45, 7) is 8.03. The van der Waals surface area contributed by atoms with Gasteiger partial charge < -0.3 is 16.0 Å². The Balaban J connectivity index is 0.00000338. The number of unbranched alkanes of at least 4 members (excludes halogenated alkanes) is 1. The maximum atomic E-state index is 5.74. The molecule has 0 spiro atoms. The first-order valence-corrected chi connectivity index (χ1v) is 10.3. The predicted octanol–water partition coefficient (Wildman–Crippen LogP) is 5.53. The van der Waals surface area contributed by atoms with Crippen molar-refractivity contribution in [2.24, 2.45) is 23.7 Å². The minimum Gasteiger partial charge on any atom is -0.362 e. The van der Waals surface area contributed by atoms with E-state index in [1.807, 2.05) is 6.92 Å². The summed E-state index contributed by atoms with van der Waals surface area (Å²) in [5.74, 6) is 8.45. The van der Waals surface area contributed by atoms with Gasteiger partial charge in [-0.05, 0) is 43.9 Å². The molecule has 2 fully saturated rings. The van der Waals surface area contributed by atoms with E-state index in [-0.39, 0.29) is 38.8 Å². The van der Waals surface area contributed by atoms with Gasteiger partial charge in [0.05, 0.1) is 12.2 Å². The molecule has 26 heavy (non-hydrogen) atoms. The normalized spacial score (nSPS) is 31.3. The van der Waals surface area contributed by atoms with Gasteiger partial charge in [-0.2, -0.15) is 6.42 Å². The van der Waals surface area contributed by atoms with E-state index in [2.05, 4.69) is 62.8 Å². The molecule has 2 saturated carbocycles. The molecule has 0 amide bonds. The fraction of sp³-hybridized carbons (Fsp3) is 0.667. The Morgan fingerprint density at radius 2 is 2.12 bits per heavy atom. The van der Waals surface area contributed by atoms with Crippen LogP contribution in [-0.2, 0) is 41.8 Å². The summed E-state index contributed by atoms with van der Waals surface area (Å²) >= 11 is 0. The van der Waals surface area contributed by atoms with Crippen molar-refractivity contribution in [2.45, 2.75) is 64.6 Å². The van der Waals surface area contributed by atoms with E-state index in [0.29, 0.717) is 23.9 Å². The molecule has 2 aliphatic carbocycles. The van der Waals surface area contributed by atoms with Crippen LogP contribution in [-0.4, -0.2) is 12.2 Å². The molecule has 8 atom stereocenters. The van der Waals surface area contributed by atoms with Crippen LogP contribution in [0, 0.1) is 42.4 Å². The molecular weight excluding hydrogens is 435 g/mol. The minimum absolute atomic E-state index is 0. The molecule has 0 saturated heterocycles. The predicted molar refractivity (Wildman–Crippen MR) is 113 cm³/mol. The van der Waals surface area contributed by atoms with Crippen LogP contribution in [0.2, 0.25) is 0 Å². The van der Waals surface area contributed by atoms with Crippen LogP contribution in [0.4, 0.5) is 0 Å². The third-order valence-corrected chi connectivity index (χ3v) is 6.40. The van der Waals surface area contributed by atoms with Crippen LogP contribution in [0.1, 0.15) is 52.4 Å².